The highest BCUT2D eigenvalue weighted by Crippen LogP contribution is 2.44. The van der Waals surface area contributed by atoms with Crippen LogP contribution in [0.5, 0.6) is 0 Å². The maximum absolute atomic E-state index is 12.7. The standard InChI is InChI=1S/C19H16N4O4S2/c24-13(9-11-5-2-1-3-6-11)22-14-16(25)23-15(18(26)27)12(10-28-17(14)23)29-19-20-7-4-8-21-19/h1-8,14,17H,9-10H2,(H,22,24)(H,26,27)/t14-,17+/m1/s1. The number of hydrogen-bond donors (Lipinski definition) is 2. The van der Waals surface area contributed by atoms with E-state index >= 15 is 0 Å². The quantitative estimate of drug-likeness (QED) is 0.526. The number of carboxylic acid groups (broad SMARTS) is 1. The number of nitrogens with one attached hydrogen (secondary N) is 1. The Morgan fingerprint density at radius 1 is 1.21 bits per heavy atom. The average molecular weight is 428 g/mol. The molecule has 8 nitrogen and oxygen atoms in total. The highest BCUT2D eigenvalue weighted by Gasteiger charge is 2.54. The van der Waals surface area contributed by atoms with Crippen LogP contribution in [0.15, 0.2) is 64.6 Å². The average Bonchev–Trinajstić information content (AvgIpc) is 2.73. The number of fused-ring (bicyclic) bond motifs is 1. The summed E-state index contributed by atoms with van der Waals surface area (Å²) in [6.07, 6.45) is 3.31. The minimum absolute atomic E-state index is 0.0650. The smallest absolute Gasteiger partial charge is 0.353 e. The molecular formula is C19H16N4O4S2. The predicted molar refractivity (Wildman–Crippen MR) is 108 cm³/mol. The summed E-state index contributed by atoms with van der Waals surface area (Å²) < 4.78 is 0. The van der Waals surface area contributed by atoms with Gasteiger partial charge in [-0.25, -0.2) is 14.8 Å². The number of β-lactam (4-membered cyclic amide) rings is 1. The Morgan fingerprint density at radius 2 is 1.93 bits per heavy atom. The highest BCUT2D eigenvalue weighted by atomic mass is 32.2. The number of carboxylic acids is 1. The molecule has 3 heterocycles. The molecule has 0 aliphatic carbocycles. The second-order valence-electron chi connectivity index (χ2n) is 6.33. The van der Waals surface area contributed by atoms with Crippen LogP contribution in [0.25, 0.3) is 0 Å². The van der Waals surface area contributed by atoms with Crippen LogP contribution in [-0.2, 0) is 20.8 Å². The first-order chi connectivity index (χ1) is 14.0. The van der Waals surface area contributed by atoms with Crippen LogP contribution in [0, 0.1) is 0 Å². The largest absolute Gasteiger partial charge is 0.477 e. The molecular weight excluding hydrogens is 412 g/mol. The molecule has 2 aliphatic heterocycles. The van der Waals surface area contributed by atoms with Gasteiger partial charge in [0.25, 0.3) is 5.91 Å². The molecule has 10 heteroatoms. The zero-order valence-electron chi connectivity index (χ0n) is 15.0. The number of nitrogens with zero attached hydrogens (tertiary/aromatic N) is 3. The maximum Gasteiger partial charge on any atom is 0.353 e. The molecule has 1 saturated heterocycles. The first-order valence-electron chi connectivity index (χ1n) is 8.74. The Hall–Kier alpha value is -2.85. The van der Waals surface area contributed by atoms with Gasteiger partial charge in [0.1, 0.15) is 17.1 Å². The SMILES string of the molecule is O=C(Cc1ccccc1)N[C@@H]1C(=O)N2C(C(=O)O)=C(Sc3ncccn3)CS[C@@H]12. The molecule has 0 unspecified atom stereocenters. The minimum atomic E-state index is -1.18. The van der Waals surface area contributed by atoms with Gasteiger partial charge in [0, 0.05) is 23.1 Å². The molecule has 0 saturated carbocycles. The fraction of sp³-hybridized carbons (Fsp3) is 0.211. The van der Waals surface area contributed by atoms with E-state index < -0.39 is 23.3 Å². The van der Waals surface area contributed by atoms with E-state index in [1.165, 1.54) is 16.7 Å². The van der Waals surface area contributed by atoms with Crippen molar-refractivity contribution in [2.45, 2.75) is 23.0 Å². The van der Waals surface area contributed by atoms with Gasteiger partial charge in [-0.05, 0) is 11.6 Å². The van der Waals surface area contributed by atoms with Gasteiger partial charge in [-0.15, -0.1) is 11.8 Å². The summed E-state index contributed by atoms with van der Waals surface area (Å²) in [5, 5.41) is 12.4. The van der Waals surface area contributed by atoms with Crippen LogP contribution in [0.1, 0.15) is 5.56 Å². The maximum atomic E-state index is 12.7. The van der Waals surface area contributed by atoms with Crippen molar-refractivity contribution in [2.75, 3.05) is 5.75 Å². The third-order valence-electron chi connectivity index (χ3n) is 4.42. The van der Waals surface area contributed by atoms with Crippen LogP contribution in [0.3, 0.4) is 0 Å². The number of thioether (sulfide) groups is 2. The molecule has 1 aromatic heterocycles. The minimum Gasteiger partial charge on any atom is -0.477 e. The van der Waals surface area contributed by atoms with Gasteiger partial charge in [-0.3, -0.25) is 14.5 Å². The Bertz CT molecular complexity index is 984. The number of aromatic nitrogens is 2. The zero-order valence-corrected chi connectivity index (χ0v) is 16.7. The van der Waals surface area contributed by atoms with E-state index in [0.29, 0.717) is 15.8 Å². The molecule has 2 aromatic rings. The fourth-order valence-electron chi connectivity index (χ4n) is 3.12. The van der Waals surface area contributed by atoms with E-state index in [0.717, 1.165) is 17.3 Å². The van der Waals surface area contributed by atoms with Crippen LogP contribution < -0.4 is 5.32 Å². The molecule has 2 N–H and O–H groups in total. The normalized spacial score (nSPS) is 20.7. The van der Waals surface area contributed by atoms with Crippen molar-refractivity contribution in [3.63, 3.8) is 0 Å². The van der Waals surface area contributed by atoms with Crippen LogP contribution >= 0.6 is 23.5 Å². The summed E-state index contributed by atoms with van der Waals surface area (Å²) in [6, 6.07) is 10.2. The number of carbonyl (C=O) groups is 3. The van der Waals surface area contributed by atoms with Gasteiger partial charge >= 0.3 is 5.97 Å². The third kappa shape index (κ3) is 3.99. The first kappa shape index (κ1) is 19.5. The predicted octanol–water partition coefficient (Wildman–Crippen LogP) is 1.51. The summed E-state index contributed by atoms with van der Waals surface area (Å²) in [5.41, 5.74) is 0.780. The van der Waals surface area contributed by atoms with Gasteiger partial charge in [-0.1, -0.05) is 42.1 Å². The monoisotopic (exact) mass is 428 g/mol. The molecule has 2 amide bonds. The van der Waals surface area contributed by atoms with Crippen LogP contribution in [-0.4, -0.2) is 54.9 Å². The molecule has 0 spiro atoms. The number of aliphatic carboxylic acids is 1. The fourth-order valence-corrected chi connectivity index (χ4v) is 5.49. The highest BCUT2D eigenvalue weighted by molar-refractivity contribution is 8.06. The molecule has 2 aliphatic rings. The Labute approximate surface area is 174 Å². The number of carbonyl (C=O) groups excluding carboxylic acids is 2. The van der Waals surface area contributed by atoms with E-state index in [-0.39, 0.29) is 18.0 Å². The van der Waals surface area contributed by atoms with E-state index in [2.05, 4.69) is 15.3 Å². The number of amides is 2. The number of hydrogen-bond acceptors (Lipinski definition) is 7. The molecule has 1 aromatic carbocycles. The summed E-state index contributed by atoms with van der Waals surface area (Å²) in [4.78, 5) is 46.8. The molecule has 4 rings (SSSR count). The second kappa shape index (κ2) is 8.26. The Balaban J connectivity index is 1.48. The molecule has 1 fully saturated rings. The summed E-state index contributed by atoms with van der Waals surface area (Å²) in [5.74, 6) is -1.48. The molecule has 29 heavy (non-hydrogen) atoms. The van der Waals surface area contributed by atoms with Crippen molar-refractivity contribution in [1.82, 2.24) is 20.2 Å². The van der Waals surface area contributed by atoms with E-state index in [1.54, 1.807) is 18.5 Å². The Kier molecular flexibility index (Phi) is 5.54. The van der Waals surface area contributed by atoms with Crippen LogP contribution in [0.4, 0.5) is 0 Å². The lowest BCUT2D eigenvalue weighted by Gasteiger charge is -2.49. The van der Waals surface area contributed by atoms with Gasteiger partial charge in [0.15, 0.2) is 5.16 Å². The second-order valence-corrected chi connectivity index (χ2v) is 8.49. The number of rotatable bonds is 6. The third-order valence-corrected chi connectivity index (χ3v) is 6.86. The van der Waals surface area contributed by atoms with Crippen molar-refractivity contribution >= 4 is 41.3 Å². The topological polar surface area (TPSA) is 112 Å². The van der Waals surface area contributed by atoms with Crippen molar-refractivity contribution in [3.05, 3.63) is 65.0 Å². The van der Waals surface area contributed by atoms with Crippen molar-refractivity contribution in [3.8, 4) is 0 Å². The lowest BCUT2D eigenvalue weighted by molar-refractivity contribution is -0.150. The van der Waals surface area contributed by atoms with Crippen molar-refractivity contribution in [1.29, 1.82) is 0 Å². The molecule has 0 radical (unpaired) electrons. The van der Waals surface area contributed by atoms with E-state index in [1.807, 2.05) is 30.3 Å². The summed E-state index contributed by atoms with van der Waals surface area (Å²) >= 11 is 2.55. The van der Waals surface area contributed by atoms with Gasteiger partial charge in [-0.2, -0.15) is 0 Å². The van der Waals surface area contributed by atoms with E-state index in [4.69, 9.17) is 0 Å². The lowest BCUT2D eigenvalue weighted by Crippen LogP contribution is -2.70. The zero-order chi connectivity index (χ0) is 20.4. The Morgan fingerprint density at radius 3 is 2.62 bits per heavy atom. The van der Waals surface area contributed by atoms with Crippen LogP contribution in [0.2, 0.25) is 0 Å². The number of benzene rings is 1. The summed E-state index contributed by atoms with van der Waals surface area (Å²) in [6.45, 7) is 0. The van der Waals surface area contributed by atoms with Gasteiger partial charge in [0.2, 0.25) is 5.91 Å². The van der Waals surface area contributed by atoms with Gasteiger partial charge in [0.05, 0.1) is 6.42 Å². The summed E-state index contributed by atoms with van der Waals surface area (Å²) in [7, 11) is 0. The molecule has 2 atom stereocenters. The molecule has 0 bridgehead atoms. The lowest BCUT2D eigenvalue weighted by atomic mass is 10.0. The first-order valence-corrected chi connectivity index (χ1v) is 10.6. The van der Waals surface area contributed by atoms with Gasteiger partial charge < -0.3 is 10.4 Å². The molecule has 148 valence electrons. The van der Waals surface area contributed by atoms with Crippen molar-refractivity contribution < 1.29 is 19.5 Å². The van der Waals surface area contributed by atoms with Crippen molar-refractivity contribution in [2.24, 2.45) is 0 Å². The van der Waals surface area contributed by atoms with E-state index in [9.17, 15) is 19.5 Å².